The third-order valence-electron chi connectivity index (χ3n) is 3.86. The van der Waals surface area contributed by atoms with Crippen LogP contribution in [0.3, 0.4) is 0 Å². The molecule has 0 radical (unpaired) electrons. The Morgan fingerprint density at radius 3 is 2.61 bits per heavy atom. The van der Waals surface area contributed by atoms with Gasteiger partial charge in [0.2, 0.25) is 0 Å². The normalized spacial score (nSPS) is 18.4. The van der Waals surface area contributed by atoms with Crippen molar-refractivity contribution in [2.45, 2.75) is 11.4 Å². The fourth-order valence-electron chi connectivity index (χ4n) is 2.65. The minimum atomic E-state index is -0.217. The molecule has 120 valence electrons. The van der Waals surface area contributed by atoms with Crippen molar-refractivity contribution in [1.82, 2.24) is 0 Å². The monoisotopic (exact) mass is 366 g/mol. The average Bonchev–Trinajstić information content (AvgIpc) is 2.80. The summed E-state index contributed by atoms with van der Waals surface area (Å²) in [6, 6.07) is 16.4. The van der Waals surface area contributed by atoms with Crippen molar-refractivity contribution in [3.05, 3.63) is 65.2 Å². The number of alkyl halides is 3. The molecule has 0 aromatic heterocycles. The predicted molar refractivity (Wildman–Crippen MR) is 101 cm³/mol. The molecule has 0 saturated carbocycles. The molecule has 2 nitrogen and oxygen atoms in total. The van der Waals surface area contributed by atoms with Gasteiger partial charge >= 0.3 is 0 Å². The van der Waals surface area contributed by atoms with E-state index in [9.17, 15) is 0 Å². The molecule has 0 fully saturated rings. The molecule has 2 aromatic rings. The summed E-state index contributed by atoms with van der Waals surface area (Å²) >= 11 is 18.3. The molecule has 23 heavy (non-hydrogen) atoms. The Morgan fingerprint density at radius 2 is 1.91 bits per heavy atom. The standard InChI is InChI=1S/C18H17Cl3N2/c19-9-14-11-22-18(12-4-2-1-3-5-12)15-8-13(16(21)10-20)6-7-17(15)23-14/h1-8,14,16,23H,9-11H2. The van der Waals surface area contributed by atoms with Gasteiger partial charge < -0.3 is 5.32 Å². The molecule has 2 aromatic carbocycles. The third kappa shape index (κ3) is 3.65. The largest absolute Gasteiger partial charge is 0.379 e. The Balaban J connectivity index is 2.11. The first-order valence-electron chi connectivity index (χ1n) is 7.49. The highest BCUT2D eigenvalue weighted by atomic mass is 35.5. The van der Waals surface area contributed by atoms with Gasteiger partial charge in [0.05, 0.1) is 23.7 Å². The Hall–Kier alpha value is -1.22. The molecule has 0 saturated heterocycles. The average molecular weight is 368 g/mol. The third-order valence-corrected chi connectivity index (χ3v) is 5.10. The molecule has 2 unspecified atom stereocenters. The molecule has 0 amide bonds. The molecular weight excluding hydrogens is 351 g/mol. The van der Waals surface area contributed by atoms with Gasteiger partial charge in [0.1, 0.15) is 0 Å². The second-order valence-corrected chi connectivity index (χ2v) is 6.62. The van der Waals surface area contributed by atoms with E-state index in [1.165, 1.54) is 0 Å². The molecular formula is C18H17Cl3N2. The molecule has 0 spiro atoms. The number of aliphatic imine (C=N–C) groups is 1. The number of rotatable bonds is 4. The minimum absolute atomic E-state index is 0.113. The number of halogens is 3. The number of fused-ring (bicyclic) bond motifs is 1. The first-order valence-corrected chi connectivity index (χ1v) is 9.00. The summed E-state index contributed by atoms with van der Waals surface area (Å²) in [7, 11) is 0. The molecule has 0 bridgehead atoms. The summed E-state index contributed by atoms with van der Waals surface area (Å²) in [5, 5.41) is 3.25. The highest BCUT2D eigenvalue weighted by Crippen LogP contribution is 2.30. The first kappa shape index (κ1) is 16.6. The summed E-state index contributed by atoms with van der Waals surface area (Å²) in [5.41, 5.74) is 5.10. The van der Waals surface area contributed by atoms with E-state index in [2.05, 4.69) is 23.5 Å². The van der Waals surface area contributed by atoms with Crippen molar-refractivity contribution in [1.29, 1.82) is 0 Å². The molecule has 1 aliphatic heterocycles. The first-order chi connectivity index (χ1) is 11.2. The van der Waals surface area contributed by atoms with Gasteiger partial charge in [-0.2, -0.15) is 0 Å². The van der Waals surface area contributed by atoms with Gasteiger partial charge in [-0.3, -0.25) is 4.99 Å². The lowest BCUT2D eigenvalue weighted by atomic mass is 9.97. The van der Waals surface area contributed by atoms with Crippen LogP contribution in [0.5, 0.6) is 0 Å². The minimum Gasteiger partial charge on any atom is -0.379 e. The van der Waals surface area contributed by atoms with Crippen LogP contribution >= 0.6 is 34.8 Å². The van der Waals surface area contributed by atoms with E-state index in [-0.39, 0.29) is 11.4 Å². The van der Waals surface area contributed by atoms with Crippen LogP contribution < -0.4 is 5.32 Å². The Kier molecular flexibility index (Phi) is 5.47. The van der Waals surface area contributed by atoms with Crippen molar-refractivity contribution in [3.63, 3.8) is 0 Å². The summed E-state index contributed by atoms with van der Waals surface area (Å²) in [5.74, 6) is 0.877. The zero-order valence-electron chi connectivity index (χ0n) is 12.5. The highest BCUT2D eigenvalue weighted by Gasteiger charge is 2.20. The fourth-order valence-corrected chi connectivity index (χ4v) is 3.14. The lowest BCUT2D eigenvalue weighted by molar-refractivity contribution is 0.818. The summed E-state index contributed by atoms with van der Waals surface area (Å²) in [6.45, 7) is 0.636. The van der Waals surface area contributed by atoms with Crippen LogP contribution in [0.2, 0.25) is 0 Å². The van der Waals surface area contributed by atoms with Crippen molar-refractivity contribution in [3.8, 4) is 0 Å². The van der Waals surface area contributed by atoms with E-state index in [0.29, 0.717) is 18.3 Å². The number of hydrogen-bond acceptors (Lipinski definition) is 2. The van der Waals surface area contributed by atoms with Gasteiger partial charge in [0, 0.05) is 28.6 Å². The maximum absolute atomic E-state index is 6.31. The highest BCUT2D eigenvalue weighted by molar-refractivity contribution is 6.28. The molecule has 1 heterocycles. The molecule has 5 heteroatoms. The molecule has 2 atom stereocenters. The van der Waals surface area contributed by atoms with Crippen molar-refractivity contribution in [2.24, 2.45) is 4.99 Å². The van der Waals surface area contributed by atoms with Gasteiger partial charge in [0.25, 0.3) is 0 Å². The Morgan fingerprint density at radius 1 is 1.13 bits per heavy atom. The van der Waals surface area contributed by atoms with Crippen LogP contribution in [0.1, 0.15) is 22.1 Å². The van der Waals surface area contributed by atoms with Gasteiger partial charge in [-0.05, 0) is 17.7 Å². The zero-order valence-corrected chi connectivity index (χ0v) is 14.7. The van der Waals surface area contributed by atoms with Crippen molar-refractivity contribution >= 4 is 46.2 Å². The number of nitrogens with one attached hydrogen (secondary N) is 1. The second kappa shape index (κ2) is 7.57. The number of anilines is 1. The summed E-state index contributed by atoms with van der Waals surface area (Å²) in [4.78, 5) is 4.81. The Bertz CT molecular complexity index is 701. The van der Waals surface area contributed by atoms with Crippen LogP contribution in [-0.4, -0.2) is 30.1 Å². The maximum Gasteiger partial charge on any atom is 0.0740 e. The van der Waals surface area contributed by atoms with Crippen LogP contribution in [0, 0.1) is 0 Å². The second-order valence-electron chi connectivity index (χ2n) is 5.48. The predicted octanol–water partition coefficient (Wildman–Crippen LogP) is 5.08. The van der Waals surface area contributed by atoms with E-state index < -0.39 is 0 Å². The van der Waals surface area contributed by atoms with Crippen LogP contribution in [0.4, 0.5) is 5.69 Å². The van der Waals surface area contributed by atoms with Gasteiger partial charge in [-0.15, -0.1) is 34.8 Å². The van der Waals surface area contributed by atoms with Crippen molar-refractivity contribution < 1.29 is 0 Å². The van der Waals surface area contributed by atoms with E-state index in [0.717, 1.165) is 28.1 Å². The molecule has 1 aliphatic rings. The molecule has 1 N–H and O–H groups in total. The molecule has 0 aliphatic carbocycles. The number of nitrogens with zero attached hydrogens (tertiary/aromatic N) is 1. The quantitative estimate of drug-likeness (QED) is 0.749. The lowest BCUT2D eigenvalue weighted by Crippen LogP contribution is -2.23. The number of hydrogen-bond donors (Lipinski definition) is 1. The Labute approximate surface area is 151 Å². The smallest absolute Gasteiger partial charge is 0.0740 e. The van der Waals surface area contributed by atoms with E-state index in [1.54, 1.807) is 0 Å². The number of benzodiazepines with no additional fused rings is 1. The summed E-state index contributed by atoms with van der Waals surface area (Å²) in [6.07, 6.45) is 0. The van der Waals surface area contributed by atoms with E-state index in [1.807, 2.05) is 30.3 Å². The lowest BCUT2D eigenvalue weighted by Gasteiger charge is -2.17. The maximum atomic E-state index is 6.31. The topological polar surface area (TPSA) is 24.4 Å². The van der Waals surface area contributed by atoms with Crippen LogP contribution in [0.15, 0.2) is 53.5 Å². The zero-order chi connectivity index (χ0) is 16.2. The van der Waals surface area contributed by atoms with Gasteiger partial charge in [0.15, 0.2) is 0 Å². The fraction of sp³-hybridized carbons (Fsp3) is 0.278. The summed E-state index contributed by atoms with van der Waals surface area (Å²) < 4.78 is 0. The van der Waals surface area contributed by atoms with Crippen LogP contribution in [-0.2, 0) is 0 Å². The van der Waals surface area contributed by atoms with Crippen molar-refractivity contribution in [2.75, 3.05) is 23.6 Å². The van der Waals surface area contributed by atoms with Crippen LogP contribution in [0.25, 0.3) is 0 Å². The molecule has 3 rings (SSSR count). The van der Waals surface area contributed by atoms with Gasteiger partial charge in [-0.25, -0.2) is 0 Å². The number of benzene rings is 2. The van der Waals surface area contributed by atoms with E-state index >= 15 is 0 Å². The van der Waals surface area contributed by atoms with E-state index in [4.69, 9.17) is 39.8 Å². The SMILES string of the molecule is ClCC1CN=C(c2ccccc2)c2cc(C(Cl)CCl)ccc2N1. The van der Waals surface area contributed by atoms with Gasteiger partial charge in [-0.1, -0.05) is 36.4 Å².